The third-order valence-electron chi connectivity index (χ3n) is 2.99. The molecule has 0 aromatic heterocycles. The van der Waals surface area contributed by atoms with E-state index in [0.29, 0.717) is 17.0 Å². The maximum atomic E-state index is 13.2. The molecule has 0 radical (unpaired) electrons. The molecule has 0 aliphatic rings. The number of benzene rings is 2. The molecule has 0 spiro atoms. The van der Waals surface area contributed by atoms with Crippen molar-refractivity contribution in [3.05, 3.63) is 65.5 Å². The minimum atomic E-state index is -0.566. The summed E-state index contributed by atoms with van der Waals surface area (Å²) in [6, 6.07) is 14.4. The fraction of sp³-hybridized carbons (Fsp3) is 0.158. The summed E-state index contributed by atoms with van der Waals surface area (Å²) in [5.74, 6) is -0.376. The second-order valence-electron chi connectivity index (χ2n) is 5.37. The third kappa shape index (κ3) is 4.96. The van der Waals surface area contributed by atoms with Crippen LogP contribution in [0.4, 0.5) is 10.1 Å². The fourth-order valence-electron chi connectivity index (χ4n) is 2.03. The normalized spacial score (nSPS) is 11.0. The van der Waals surface area contributed by atoms with Gasteiger partial charge in [-0.25, -0.2) is 4.39 Å². The van der Waals surface area contributed by atoms with Gasteiger partial charge in [-0.1, -0.05) is 18.2 Å². The van der Waals surface area contributed by atoms with Crippen LogP contribution in [0.2, 0.25) is 0 Å². The lowest BCUT2D eigenvalue weighted by molar-refractivity contribution is -0.112. The van der Waals surface area contributed by atoms with Crippen molar-refractivity contribution in [2.75, 3.05) is 5.32 Å². The predicted molar refractivity (Wildman–Crippen MR) is 90.8 cm³/mol. The lowest BCUT2D eigenvalue weighted by Gasteiger charge is -2.11. The second kappa shape index (κ2) is 7.93. The number of carbonyl (C=O) groups is 1. The first-order valence-corrected chi connectivity index (χ1v) is 7.43. The van der Waals surface area contributed by atoms with Gasteiger partial charge in [0.2, 0.25) is 0 Å². The molecule has 0 aliphatic carbocycles. The van der Waals surface area contributed by atoms with E-state index >= 15 is 0 Å². The Morgan fingerprint density at radius 1 is 1.25 bits per heavy atom. The summed E-state index contributed by atoms with van der Waals surface area (Å²) >= 11 is 0. The first kappa shape index (κ1) is 17.2. The molecule has 0 saturated heterocycles. The van der Waals surface area contributed by atoms with Crippen LogP contribution in [-0.2, 0) is 4.79 Å². The predicted octanol–water partition coefficient (Wildman–Crippen LogP) is 4.16. The van der Waals surface area contributed by atoms with Gasteiger partial charge in [-0.3, -0.25) is 4.79 Å². The number of anilines is 1. The lowest BCUT2D eigenvalue weighted by atomic mass is 10.1. The largest absolute Gasteiger partial charge is 0.491 e. The molecule has 2 aromatic carbocycles. The van der Waals surface area contributed by atoms with Crippen LogP contribution in [0.15, 0.2) is 54.1 Å². The number of hydrogen-bond donors (Lipinski definition) is 1. The highest BCUT2D eigenvalue weighted by Crippen LogP contribution is 2.19. The van der Waals surface area contributed by atoms with E-state index in [1.165, 1.54) is 24.3 Å². The first-order chi connectivity index (χ1) is 11.5. The molecule has 0 heterocycles. The summed E-state index contributed by atoms with van der Waals surface area (Å²) in [6.07, 6.45) is 1.35. The standard InChI is InChI=1S/C19H17FN2O2/c1-13(2)24-18-8-4-7-17(11-18)22-19(23)15(12-21)9-14-5-3-6-16(20)10-14/h3-11,13H,1-2H3,(H,22,23)/b15-9-. The van der Waals surface area contributed by atoms with Crippen molar-refractivity contribution in [3.8, 4) is 11.8 Å². The molecule has 0 saturated carbocycles. The van der Waals surface area contributed by atoms with Gasteiger partial charge in [0, 0.05) is 11.8 Å². The van der Waals surface area contributed by atoms with E-state index in [9.17, 15) is 14.4 Å². The Hall–Kier alpha value is -3.13. The summed E-state index contributed by atoms with van der Waals surface area (Å²) < 4.78 is 18.8. The number of rotatable bonds is 5. The van der Waals surface area contributed by atoms with Crippen molar-refractivity contribution in [1.29, 1.82) is 5.26 Å². The number of hydrogen-bond acceptors (Lipinski definition) is 3. The lowest BCUT2D eigenvalue weighted by Crippen LogP contribution is -2.13. The SMILES string of the molecule is CC(C)Oc1cccc(NC(=O)/C(C#N)=C\c2cccc(F)c2)c1. The zero-order valence-electron chi connectivity index (χ0n) is 13.4. The number of amides is 1. The van der Waals surface area contributed by atoms with E-state index in [1.807, 2.05) is 19.9 Å². The molecule has 0 fully saturated rings. The Balaban J connectivity index is 2.17. The summed E-state index contributed by atoms with van der Waals surface area (Å²) in [7, 11) is 0. The average Bonchev–Trinajstić information content (AvgIpc) is 2.52. The van der Waals surface area contributed by atoms with Crippen LogP contribution < -0.4 is 10.1 Å². The molecule has 0 unspecified atom stereocenters. The molecule has 1 N–H and O–H groups in total. The van der Waals surface area contributed by atoms with Gasteiger partial charge in [0.1, 0.15) is 23.2 Å². The quantitative estimate of drug-likeness (QED) is 0.663. The number of halogens is 1. The van der Waals surface area contributed by atoms with Gasteiger partial charge in [0.05, 0.1) is 6.10 Å². The van der Waals surface area contributed by atoms with Crippen molar-refractivity contribution in [2.24, 2.45) is 0 Å². The monoisotopic (exact) mass is 324 g/mol. The molecule has 24 heavy (non-hydrogen) atoms. The van der Waals surface area contributed by atoms with Crippen LogP contribution in [-0.4, -0.2) is 12.0 Å². The molecule has 0 atom stereocenters. The molecule has 2 aromatic rings. The van der Waals surface area contributed by atoms with Crippen LogP contribution in [0, 0.1) is 17.1 Å². The molecular formula is C19H17FN2O2. The Morgan fingerprint density at radius 2 is 2.00 bits per heavy atom. The maximum absolute atomic E-state index is 13.2. The van der Waals surface area contributed by atoms with Crippen LogP contribution in [0.5, 0.6) is 5.75 Å². The molecule has 1 amide bonds. The first-order valence-electron chi connectivity index (χ1n) is 7.43. The zero-order chi connectivity index (χ0) is 17.5. The van der Waals surface area contributed by atoms with E-state index in [-0.39, 0.29) is 11.7 Å². The van der Waals surface area contributed by atoms with Crippen molar-refractivity contribution in [2.45, 2.75) is 20.0 Å². The van der Waals surface area contributed by atoms with Crippen LogP contribution >= 0.6 is 0 Å². The summed E-state index contributed by atoms with van der Waals surface area (Å²) in [4.78, 5) is 12.2. The fourth-order valence-corrected chi connectivity index (χ4v) is 2.03. The van der Waals surface area contributed by atoms with Crippen molar-refractivity contribution >= 4 is 17.7 Å². The van der Waals surface area contributed by atoms with Gasteiger partial charge in [0.25, 0.3) is 5.91 Å². The number of nitrogens with zero attached hydrogens (tertiary/aromatic N) is 1. The third-order valence-corrected chi connectivity index (χ3v) is 2.99. The minimum absolute atomic E-state index is 0.0125. The van der Waals surface area contributed by atoms with Crippen molar-refractivity contribution < 1.29 is 13.9 Å². The van der Waals surface area contributed by atoms with Gasteiger partial charge in [-0.15, -0.1) is 0 Å². The second-order valence-corrected chi connectivity index (χ2v) is 5.37. The van der Waals surface area contributed by atoms with Gasteiger partial charge in [-0.2, -0.15) is 5.26 Å². The van der Waals surface area contributed by atoms with Crippen LogP contribution in [0.25, 0.3) is 6.08 Å². The molecular weight excluding hydrogens is 307 g/mol. The number of nitriles is 1. The van der Waals surface area contributed by atoms with E-state index < -0.39 is 11.7 Å². The molecule has 5 heteroatoms. The Bertz CT molecular complexity index is 807. The van der Waals surface area contributed by atoms with Crippen LogP contribution in [0.1, 0.15) is 19.4 Å². The Labute approximate surface area is 140 Å². The Kier molecular flexibility index (Phi) is 5.69. The molecule has 122 valence electrons. The molecule has 4 nitrogen and oxygen atoms in total. The molecule has 0 bridgehead atoms. The number of ether oxygens (including phenoxy) is 1. The average molecular weight is 324 g/mol. The van der Waals surface area contributed by atoms with Crippen molar-refractivity contribution in [1.82, 2.24) is 0 Å². The topological polar surface area (TPSA) is 62.1 Å². The van der Waals surface area contributed by atoms with Gasteiger partial charge >= 0.3 is 0 Å². The highest BCUT2D eigenvalue weighted by Gasteiger charge is 2.10. The summed E-state index contributed by atoms with van der Waals surface area (Å²) in [5, 5.41) is 11.8. The highest BCUT2D eigenvalue weighted by atomic mass is 19.1. The Morgan fingerprint density at radius 3 is 2.67 bits per heavy atom. The minimum Gasteiger partial charge on any atom is -0.491 e. The molecule has 0 aliphatic heterocycles. The number of carbonyl (C=O) groups excluding carboxylic acids is 1. The van der Waals surface area contributed by atoms with Gasteiger partial charge in [0.15, 0.2) is 0 Å². The van der Waals surface area contributed by atoms with E-state index in [4.69, 9.17) is 4.74 Å². The van der Waals surface area contributed by atoms with Gasteiger partial charge in [-0.05, 0) is 49.8 Å². The van der Waals surface area contributed by atoms with Crippen molar-refractivity contribution in [3.63, 3.8) is 0 Å². The molecule has 2 rings (SSSR count). The van der Waals surface area contributed by atoms with E-state index in [1.54, 1.807) is 30.3 Å². The maximum Gasteiger partial charge on any atom is 0.266 e. The van der Waals surface area contributed by atoms with Crippen LogP contribution in [0.3, 0.4) is 0 Å². The van der Waals surface area contributed by atoms with Gasteiger partial charge < -0.3 is 10.1 Å². The number of nitrogens with one attached hydrogen (secondary N) is 1. The smallest absolute Gasteiger partial charge is 0.266 e. The zero-order valence-corrected chi connectivity index (χ0v) is 13.4. The summed E-state index contributed by atoms with van der Waals surface area (Å²) in [5.41, 5.74) is 0.841. The highest BCUT2D eigenvalue weighted by molar-refractivity contribution is 6.09. The van der Waals surface area contributed by atoms with E-state index in [0.717, 1.165) is 0 Å². The van der Waals surface area contributed by atoms with E-state index in [2.05, 4.69) is 5.32 Å². The summed E-state index contributed by atoms with van der Waals surface area (Å²) in [6.45, 7) is 3.81.